The lowest BCUT2D eigenvalue weighted by molar-refractivity contribution is 0.226. The second kappa shape index (κ2) is 6.42. The van der Waals surface area contributed by atoms with Crippen molar-refractivity contribution in [2.24, 2.45) is 11.7 Å². The van der Waals surface area contributed by atoms with Crippen LogP contribution < -0.4 is 5.73 Å². The summed E-state index contributed by atoms with van der Waals surface area (Å²) in [5.74, 6) is 0.724. The van der Waals surface area contributed by atoms with Gasteiger partial charge >= 0.3 is 0 Å². The summed E-state index contributed by atoms with van der Waals surface area (Å²) in [7, 11) is 0. The van der Waals surface area contributed by atoms with Gasteiger partial charge in [0, 0.05) is 5.54 Å². The van der Waals surface area contributed by atoms with Gasteiger partial charge < -0.3 is 5.73 Å². The first-order chi connectivity index (χ1) is 6.14. The van der Waals surface area contributed by atoms with E-state index in [1.807, 2.05) is 0 Å². The van der Waals surface area contributed by atoms with E-state index < -0.39 is 0 Å². The van der Waals surface area contributed by atoms with Crippen molar-refractivity contribution >= 4 is 0 Å². The van der Waals surface area contributed by atoms with Crippen LogP contribution in [0.25, 0.3) is 0 Å². The van der Waals surface area contributed by atoms with Gasteiger partial charge in [-0.15, -0.1) is 0 Å². The summed E-state index contributed by atoms with van der Waals surface area (Å²) in [6, 6.07) is 0. The molecule has 0 aromatic carbocycles. The summed E-state index contributed by atoms with van der Waals surface area (Å²) in [5.41, 5.74) is 6.49. The molecule has 2 N–H and O–H groups in total. The maximum absolute atomic E-state index is 6.39. The fourth-order valence-electron chi connectivity index (χ4n) is 2.18. The predicted octanol–water partition coefficient (Wildman–Crippen LogP) is 3.72. The molecule has 1 atom stereocenters. The maximum Gasteiger partial charge on any atom is 0.0177 e. The van der Waals surface area contributed by atoms with Gasteiger partial charge in [-0.25, -0.2) is 0 Å². The summed E-state index contributed by atoms with van der Waals surface area (Å²) in [6.45, 7) is 8.96. The van der Waals surface area contributed by atoms with Crippen molar-refractivity contribution in [3.8, 4) is 0 Å². The molecule has 0 fully saturated rings. The Morgan fingerprint density at radius 1 is 1.08 bits per heavy atom. The molecular formula is C12H27N. The molecule has 0 bridgehead atoms. The van der Waals surface area contributed by atoms with E-state index in [0.717, 1.165) is 18.8 Å². The van der Waals surface area contributed by atoms with Crippen molar-refractivity contribution in [3.63, 3.8) is 0 Å². The zero-order chi connectivity index (χ0) is 10.3. The molecule has 1 nitrogen and oxygen atoms in total. The van der Waals surface area contributed by atoms with Gasteiger partial charge in [-0.1, -0.05) is 47.0 Å². The Morgan fingerprint density at radius 2 is 1.62 bits per heavy atom. The van der Waals surface area contributed by atoms with E-state index in [9.17, 15) is 0 Å². The van der Waals surface area contributed by atoms with E-state index >= 15 is 0 Å². The highest BCUT2D eigenvalue weighted by molar-refractivity contribution is 4.88. The van der Waals surface area contributed by atoms with Crippen molar-refractivity contribution < 1.29 is 0 Å². The zero-order valence-corrected chi connectivity index (χ0v) is 9.90. The van der Waals surface area contributed by atoms with E-state index in [0.29, 0.717) is 0 Å². The fourth-order valence-corrected chi connectivity index (χ4v) is 2.18. The lowest BCUT2D eigenvalue weighted by atomic mass is 9.76. The van der Waals surface area contributed by atoms with Crippen LogP contribution in [0.1, 0.15) is 66.2 Å². The molecule has 0 amide bonds. The van der Waals surface area contributed by atoms with Gasteiger partial charge in [0.1, 0.15) is 0 Å². The topological polar surface area (TPSA) is 26.0 Å². The highest BCUT2D eigenvalue weighted by Gasteiger charge is 2.29. The highest BCUT2D eigenvalue weighted by Crippen LogP contribution is 2.29. The number of hydrogen-bond acceptors (Lipinski definition) is 1. The Bertz CT molecular complexity index is 116. The number of rotatable bonds is 7. The van der Waals surface area contributed by atoms with Crippen LogP contribution in [0.2, 0.25) is 0 Å². The van der Waals surface area contributed by atoms with E-state index in [4.69, 9.17) is 5.73 Å². The molecule has 0 aliphatic carbocycles. The standard InChI is InChI=1S/C12H27N/c1-5-9-10-11(6-2)12(13,7-3)8-4/h11H,5-10,13H2,1-4H3. The molecule has 0 heterocycles. The number of hydrogen-bond donors (Lipinski definition) is 1. The van der Waals surface area contributed by atoms with Crippen LogP contribution in [0.3, 0.4) is 0 Å². The summed E-state index contributed by atoms with van der Waals surface area (Å²) < 4.78 is 0. The smallest absolute Gasteiger partial charge is 0.0177 e. The molecule has 13 heavy (non-hydrogen) atoms. The van der Waals surface area contributed by atoms with Gasteiger partial charge in [-0.05, 0) is 25.2 Å². The first-order valence-electron chi connectivity index (χ1n) is 5.93. The zero-order valence-electron chi connectivity index (χ0n) is 9.90. The third-order valence-corrected chi connectivity index (χ3v) is 3.53. The van der Waals surface area contributed by atoms with Crippen LogP contribution in [0, 0.1) is 5.92 Å². The lowest BCUT2D eigenvalue weighted by Crippen LogP contribution is -2.45. The maximum atomic E-state index is 6.39. The van der Waals surface area contributed by atoms with Crippen molar-refractivity contribution in [2.45, 2.75) is 71.8 Å². The van der Waals surface area contributed by atoms with Crippen molar-refractivity contribution in [1.82, 2.24) is 0 Å². The molecule has 0 radical (unpaired) electrons. The van der Waals surface area contributed by atoms with Crippen molar-refractivity contribution in [2.75, 3.05) is 0 Å². The number of nitrogens with two attached hydrogens (primary N) is 1. The lowest BCUT2D eigenvalue weighted by Gasteiger charge is -2.35. The molecule has 80 valence electrons. The van der Waals surface area contributed by atoms with Crippen molar-refractivity contribution in [3.05, 3.63) is 0 Å². The van der Waals surface area contributed by atoms with Crippen LogP contribution in [0.4, 0.5) is 0 Å². The average Bonchev–Trinajstić information content (AvgIpc) is 2.18. The Labute approximate surface area is 84.1 Å². The summed E-state index contributed by atoms with van der Waals surface area (Å²) in [6.07, 6.45) is 7.40. The van der Waals surface area contributed by atoms with Crippen LogP contribution in [-0.2, 0) is 0 Å². The molecule has 1 heteroatoms. The highest BCUT2D eigenvalue weighted by atomic mass is 14.7. The molecule has 0 spiro atoms. The minimum Gasteiger partial charge on any atom is -0.325 e. The molecular weight excluding hydrogens is 158 g/mol. The van der Waals surface area contributed by atoms with E-state index in [2.05, 4.69) is 27.7 Å². The average molecular weight is 185 g/mol. The molecule has 0 aromatic rings. The Kier molecular flexibility index (Phi) is 6.40. The molecule has 0 aliphatic heterocycles. The molecule has 0 saturated heterocycles. The van der Waals surface area contributed by atoms with Crippen LogP contribution in [0.5, 0.6) is 0 Å². The predicted molar refractivity (Wildman–Crippen MR) is 60.8 cm³/mol. The Balaban J connectivity index is 4.16. The minimum absolute atomic E-state index is 0.101. The normalized spacial score (nSPS) is 14.5. The first kappa shape index (κ1) is 13.0. The largest absolute Gasteiger partial charge is 0.325 e. The number of unbranched alkanes of at least 4 members (excludes halogenated alkanes) is 1. The molecule has 0 aromatic heterocycles. The monoisotopic (exact) mass is 185 g/mol. The summed E-state index contributed by atoms with van der Waals surface area (Å²) in [4.78, 5) is 0. The SMILES string of the molecule is CCCCC(CC)C(N)(CC)CC. The van der Waals surface area contributed by atoms with E-state index in [1.165, 1.54) is 25.7 Å². The second-order valence-electron chi connectivity index (χ2n) is 4.19. The molecule has 1 unspecified atom stereocenters. The molecule has 0 saturated carbocycles. The third kappa shape index (κ3) is 3.68. The second-order valence-corrected chi connectivity index (χ2v) is 4.19. The van der Waals surface area contributed by atoms with E-state index in [-0.39, 0.29) is 5.54 Å². The minimum atomic E-state index is 0.101. The quantitative estimate of drug-likeness (QED) is 0.642. The fraction of sp³-hybridized carbons (Fsp3) is 1.00. The van der Waals surface area contributed by atoms with Gasteiger partial charge in [0.25, 0.3) is 0 Å². The van der Waals surface area contributed by atoms with Crippen LogP contribution >= 0.6 is 0 Å². The summed E-state index contributed by atoms with van der Waals surface area (Å²) >= 11 is 0. The van der Waals surface area contributed by atoms with Gasteiger partial charge in [0.15, 0.2) is 0 Å². The Morgan fingerprint density at radius 3 is 1.92 bits per heavy atom. The first-order valence-corrected chi connectivity index (χ1v) is 5.93. The molecule has 0 rings (SSSR count). The van der Waals surface area contributed by atoms with Gasteiger partial charge in [-0.3, -0.25) is 0 Å². The Hall–Kier alpha value is -0.0400. The summed E-state index contributed by atoms with van der Waals surface area (Å²) in [5, 5.41) is 0. The van der Waals surface area contributed by atoms with Crippen LogP contribution in [0.15, 0.2) is 0 Å². The molecule has 0 aliphatic rings. The van der Waals surface area contributed by atoms with E-state index in [1.54, 1.807) is 0 Å². The van der Waals surface area contributed by atoms with Crippen LogP contribution in [-0.4, -0.2) is 5.54 Å². The van der Waals surface area contributed by atoms with Gasteiger partial charge in [0.05, 0.1) is 0 Å². The third-order valence-electron chi connectivity index (χ3n) is 3.53. The van der Waals surface area contributed by atoms with Gasteiger partial charge in [-0.2, -0.15) is 0 Å². The van der Waals surface area contributed by atoms with Crippen molar-refractivity contribution in [1.29, 1.82) is 0 Å². The van der Waals surface area contributed by atoms with Gasteiger partial charge in [0.2, 0.25) is 0 Å².